The van der Waals surface area contributed by atoms with Gasteiger partial charge in [-0.3, -0.25) is 0 Å². The lowest BCUT2D eigenvalue weighted by Gasteiger charge is -2.32. The van der Waals surface area contributed by atoms with Crippen LogP contribution in [-0.4, -0.2) is 52.7 Å². The van der Waals surface area contributed by atoms with Crippen molar-refractivity contribution >= 4 is 10.0 Å². The lowest BCUT2D eigenvalue weighted by molar-refractivity contribution is -0.000532. The molecule has 1 aliphatic rings. The van der Waals surface area contributed by atoms with Crippen LogP contribution in [0.3, 0.4) is 0 Å². The summed E-state index contributed by atoms with van der Waals surface area (Å²) in [6, 6.07) is 14.6. The first-order chi connectivity index (χ1) is 12.5. The van der Waals surface area contributed by atoms with Gasteiger partial charge in [-0.05, 0) is 24.1 Å². The molecule has 0 bridgehead atoms. The van der Waals surface area contributed by atoms with Crippen LogP contribution in [0.5, 0.6) is 11.5 Å². The summed E-state index contributed by atoms with van der Waals surface area (Å²) in [6.07, 6.45) is 0.497. The third kappa shape index (κ3) is 4.00. The van der Waals surface area contributed by atoms with Gasteiger partial charge in [-0.25, -0.2) is 8.42 Å². The van der Waals surface area contributed by atoms with E-state index in [-0.39, 0.29) is 16.7 Å². The van der Waals surface area contributed by atoms with Gasteiger partial charge in [0.15, 0.2) is 0 Å². The second-order valence-electron chi connectivity index (χ2n) is 6.06. The zero-order chi connectivity index (χ0) is 18.6. The molecule has 26 heavy (non-hydrogen) atoms. The molecule has 0 N–H and O–H groups in total. The maximum atomic E-state index is 13.1. The quantitative estimate of drug-likeness (QED) is 0.773. The minimum Gasteiger partial charge on any atom is -0.497 e. The molecule has 1 heterocycles. The van der Waals surface area contributed by atoms with Crippen molar-refractivity contribution in [3.63, 3.8) is 0 Å². The Labute approximate surface area is 154 Å². The molecule has 0 spiro atoms. The first-order valence-electron chi connectivity index (χ1n) is 8.42. The maximum absolute atomic E-state index is 13.1. The van der Waals surface area contributed by atoms with Crippen LogP contribution in [0.25, 0.3) is 0 Å². The fraction of sp³-hybridized carbons (Fsp3) is 0.368. The first-order valence-corrected chi connectivity index (χ1v) is 9.86. The summed E-state index contributed by atoms with van der Waals surface area (Å²) < 4.78 is 43.9. The fourth-order valence-electron chi connectivity index (χ4n) is 3.04. The molecule has 1 aliphatic heterocycles. The summed E-state index contributed by atoms with van der Waals surface area (Å²) in [5, 5.41) is 0. The lowest BCUT2D eigenvalue weighted by atomic mass is 10.1. The molecule has 1 atom stereocenters. The zero-order valence-corrected chi connectivity index (χ0v) is 15.7. The normalized spacial score (nSPS) is 18.5. The average Bonchev–Trinajstić information content (AvgIpc) is 2.68. The molecule has 0 aromatic heterocycles. The van der Waals surface area contributed by atoms with Gasteiger partial charge < -0.3 is 14.2 Å². The van der Waals surface area contributed by atoms with Crippen LogP contribution in [0.15, 0.2) is 53.4 Å². The summed E-state index contributed by atoms with van der Waals surface area (Å²) in [7, 11) is -0.706. The van der Waals surface area contributed by atoms with Crippen LogP contribution in [0.1, 0.15) is 5.56 Å². The van der Waals surface area contributed by atoms with Crippen molar-refractivity contribution in [3.05, 3.63) is 54.1 Å². The Bertz CT molecular complexity index is 838. The summed E-state index contributed by atoms with van der Waals surface area (Å²) in [6.45, 7) is 1.00. The highest BCUT2D eigenvalue weighted by atomic mass is 32.2. The van der Waals surface area contributed by atoms with E-state index in [4.69, 9.17) is 14.2 Å². The Morgan fingerprint density at radius 1 is 1.12 bits per heavy atom. The van der Waals surface area contributed by atoms with E-state index in [9.17, 15) is 8.42 Å². The van der Waals surface area contributed by atoms with Crippen LogP contribution in [-0.2, 0) is 21.2 Å². The molecule has 1 saturated heterocycles. The average molecular weight is 377 g/mol. The fourth-order valence-corrected chi connectivity index (χ4v) is 4.63. The van der Waals surface area contributed by atoms with E-state index in [0.29, 0.717) is 31.9 Å². The van der Waals surface area contributed by atoms with Gasteiger partial charge in [0.1, 0.15) is 16.4 Å². The molecule has 2 aromatic carbocycles. The van der Waals surface area contributed by atoms with Gasteiger partial charge in [-0.1, -0.05) is 30.3 Å². The van der Waals surface area contributed by atoms with E-state index >= 15 is 0 Å². The Morgan fingerprint density at radius 2 is 1.88 bits per heavy atom. The molecular weight excluding hydrogens is 354 g/mol. The zero-order valence-electron chi connectivity index (χ0n) is 14.9. The lowest BCUT2D eigenvalue weighted by Crippen LogP contribution is -2.46. The summed E-state index contributed by atoms with van der Waals surface area (Å²) >= 11 is 0. The topological polar surface area (TPSA) is 65.1 Å². The van der Waals surface area contributed by atoms with Gasteiger partial charge in [-0.15, -0.1) is 0 Å². The van der Waals surface area contributed by atoms with E-state index in [0.717, 1.165) is 5.56 Å². The highest BCUT2D eigenvalue weighted by molar-refractivity contribution is 7.89. The molecule has 140 valence electrons. The third-order valence-corrected chi connectivity index (χ3v) is 6.30. The minimum atomic E-state index is -3.68. The van der Waals surface area contributed by atoms with Crippen molar-refractivity contribution < 1.29 is 22.6 Å². The predicted octanol–water partition coefficient (Wildman–Crippen LogP) is 2.34. The Morgan fingerprint density at radius 3 is 2.58 bits per heavy atom. The number of rotatable bonds is 6. The monoisotopic (exact) mass is 377 g/mol. The van der Waals surface area contributed by atoms with E-state index < -0.39 is 10.0 Å². The van der Waals surface area contributed by atoms with Gasteiger partial charge in [0.25, 0.3) is 0 Å². The van der Waals surface area contributed by atoms with Gasteiger partial charge in [0.05, 0.1) is 26.9 Å². The Hall–Kier alpha value is -2.09. The van der Waals surface area contributed by atoms with Crippen molar-refractivity contribution in [2.24, 2.45) is 0 Å². The Kier molecular flexibility index (Phi) is 5.80. The number of methoxy groups -OCH3 is 2. The molecule has 2 aromatic rings. The SMILES string of the molecule is COc1ccc(S(=O)(=O)N2CCOC(Cc3ccccc3)C2)c(OC)c1. The number of hydrogen-bond donors (Lipinski definition) is 0. The molecule has 0 aliphatic carbocycles. The standard InChI is InChI=1S/C19H23NO5S/c1-23-16-8-9-19(18(13-16)24-2)26(21,22)20-10-11-25-17(14-20)12-15-6-4-3-5-7-15/h3-9,13,17H,10-12,14H2,1-2H3. The molecular formula is C19H23NO5S. The number of ether oxygens (including phenoxy) is 3. The van der Waals surface area contributed by atoms with E-state index in [1.807, 2.05) is 30.3 Å². The summed E-state index contributed by atoms with van der Waals surface area (Å²) in [5.41, 5.74) is 1.12. The molecule has 3 rings (SSSR count). The number of sulfonamides is 1. The second kappa shape index (κ2) is 8.07. The third-order valence-electron chi connectivity index (χ3n) is 4.40. The van der Waals surface area contributed by atoms with E-state index in [1.54, 1.807) is 12.1 Å². The van der Waals surface area contributed by atoms with E-state index in [1.165, 1.54) is 24.6 Å². The van der Waals surface area contributed by atoms with Crippen molar-refractivity contribution in [1.82, 2.24) is 4.31 Å². The molecule has 0 saturated carbocycles. The smallest absolute Gasteiger partial charge is 0.246 e. The van der Waals surface area contributed by atoms with Gasteiger partial charge in [0.2, 0.25) is 10.0 Å². The van der Waals surface area contributed by atoms with Crippen LogP contribution >= 0.6 is 0 Å². The highest BCUT2D eigenvalue weighted by Gasteiger charge is 2.33. The molecule has 1 unspecified atom stereocenters. The summed E-state index contributed by atoms with van der Waals surface area (Å²) in [4.78, 5) is 0.140. The molecule has 7 heteroatoms. The number of hydrogen-bond acceptors (Lipinski definition) is 5. The highest BCUT2D eigenvalue weighted by Crippen LogP contribution is 2.31. The van der Waals surface area contributed by atoms with Crippen molar-refractivity contribution in [1.29, 1.82) is 0 Å². The van der Waals surface area contributed by atoms with Crippen LogP contribution in [0.4, 0.5) is 0 Å². The number of nitrogens with zero attached hydrogens (tertiary/aromatic N) is 1. The van der Waals surface area contributed by atoms with Crippen molar-refractivity contribution in [3.8, 4) is 11.5 Å². The minimum absolute atomic E-state index is 0.140. The largest absolute Gasteiger partial charge is 0.497 e. The van der Waals surface area contributed by atoms with Crippen molar-refractivity contribution in [2.75, 3.05) is 33.9 Å². The Balaban J connectivity index is 1.80. The number of morpholine rings is 1. The first kappa shape index (κ1) is 18.7. The molecule has 0 amide bonds. The molecule has 1 fully saturated rings. The second-order valence-corrected chi connectivity index (χ2v) is 7.97. The number of benzene rings is 2. The van der Waals surface area contributed by atoms with Gasteiger partial charge in [0, 0.05) is 19.2 Å². The van der Waals surface area contributed by atoms with E-state index in [2.05, 4.69) is 0 Å². The predicted molar refractivity (Wildman–Crippen MR) is 98.2 cm³/mol. The summed E-state index contributed by atoms with van der Waals surface area (Å²) in [5.74, 6) is 0.820. The van der Waals surface area contributed by atoms with Gasteiger partial charge >= 0.3 is 0 Å². The van der Waals surface area contributed by atoms with Crippen LogP contribution in [0, 0.1) is 0 Å². The molecule has 0 radical (unpaired) electrons. The van der Waals surface area contributed by atoms with Gasteiger partial charge in [-0.2, -0.15) is 4.31 Å². The maximum Gasteiger partial charge on any atom is 0.246 e. The molecule has 6 nitrogen and oxygen atoms in total. The van der Waals surface area contributed by atoms with Crippen LogP contribution in [0.2, 0.25) is 0 Å². The van der Waals surface area contributed by atoms with Crippen molar-refractivity contribution in [2.45, 2.75) is 17.4 Å². The van der Waals surface area contributed by atoms with Crippen LogP contribution < -0.4 is 9.47 Å².